The molecule has 2 aromatic carbocycles. The number of halogens is 1. The van der Waals surface area contributed by atoms with Gasteiger partial charge in [-0.25, -0.2) is 0 Å². The van der Waals surface area contributed by atoms with E-state index < -0.39 is 0 Å². The standard InChI is InChI=1S/C16H16ClN3OS2/c17-13-4-6-15(7-5-13)23-9-8-21-14-3-1-2-12(10-14)11-19-20-16(18)22/h1-7,10-11H,8-9H2,(H3,18,20,22)/b19-11-. The van der Waals surface area contributed by atoms with Crippen LogP contribution in [0.15, 0.2) is 58.5 Å². The highest BCUT2D eigenvalue weighted by Crippen LogP contribution is 2.20. The number of rotatable bonds is 7. The summed E-state index contributed by atoms with van der Waals surface area (Å²) >= 11 is 12.3. The molecule has 0 unspecified atom stereocenters. The van der Waals surface area contributed by atoms with Gasteiger partial charge in [-0.15, -0.1) is 11.8 Å². The lowest BCUT2D eigenvalue weighted by atomic mass is 10.2. The van der Waals surface area contributed by atoms with Gasteiger partial charge in [0.05, 0.1) is 12.8 Å². The lowest BCUT2D eigenvalue weighted by molar-refractivity contribution is 0.344. The van der Waals surface area contributed by atoms with E-state index in [9.17, 15) is 0 Å². The molecule has 3 N–H and O–H groups in total. The number of hydrogen-bond acceptors (Lipinski definition) is 4. The highest BCUT2D eigenvalue weighted by Gasteiger charge is 1.98. The van der Waals surface area contributed by atoms with Crippen molar-refractivity contribution in [2.75, 3.05) is 12.4 Å². The van der Waals surface area contributed by atoms with Crippen LogP contribution in [0.5, 0.6) is 5.75 Å². The molecule has 23 heavy (non-hydrogen) atoms. The Hall–Kier alpha value is -1.76. The molecule has 0 aliphatic heterocycles. The van der Waals surface area contributed by atoms with Crippen LogP contribution in [0.1, 0.15) is 5.56 Å². The number of nitrogens with two attached hydrogens (primary N) is 1. The zero-order chi connectivity index (χ0) is 16.5. The number of benzene rings is 2. The Balaban J connectivity index is 1.78. The van der Waals surface area contributed by atoms with Gasteiger partial charge in [-0.05, 0) is 54.2 Å². The number of nitrogens with zero attached hydrogens (tertiary/aromatic N) is 1. The Bertz CT molecular complexity index is 677. The Kier molecular flexibility index (Phi) is 7.19. The lowest BCUT2D eigenvalue weighted by Crippen LogP contribution is -2.23. The summed E-state index contributed by atoms with van der Waals surface area (Å²) in [6.07, 6.45) is 1.63. The molecule has 2 rings (SSSR count). The maximum atomic E-state index is 5.86. The maximum Gasteiger partial charge on any atom is 0.184 e. The smallest absolute Gasteiger partial charge is 0.184 e. The van der Waals surface area contributed by atoms with Gasteiger partial charge < -0.3 is 10.5 Å². The molecule has 7 heteroatoms. The summed E-state index contributed by atoms with van der Waals surface area (Å²) in [6, 6.07) is 15.4. The number of nitrogens with one attached hydrogen (secondary N) is 1. The van der Waals surface area contributed by atoms with Crippen LogP contribution < -0.4 is 15.9 Å². The van der Waals surface area contributed by atoms with Crippen molar-refractivity contribution in [1.82, 2.24) is 5.43 Å². The van der Waals surface area contributed by atoms with E-state index in [2.05, 4.69) is 22.7 Å². The maximum absolute atomic E-state index is 5.86. The summed E-state index contributed by atoms with van der Waals surface area (Å²) in [5, 5.41) is 4.79. The molecule has 0 fully saturated rings. The predicted molar refractivity (Wildman–Crippen MR) is 102 cm³/mol. The minimum Gasteiger partial charge on any atom is -0.493 e. The molecule has 0 radical (unpaired) electrons. The van der Waals surface area contributed by atoms with Gasteiger partial charge in [0.25, 0.3) is 0 Å². The van der Waals surface area contributed by atoms with E-state index in [1.54, 1.807) is 18.0 Å². The molecule has 0 aromatic heterocycles. The Morgan fingerprint density at radius 1 is 1.30 bits per heavy atom. The van der Waals surface area contributed by atoms with Crippen molar-refractivity contribution in [2.45, 2.75) is 4.90 Å². The van der Waals surface area contributed by atoms with Crippen LogP contribution in [0.3, 0.4) is 0 Å². The van der Waals surface area contributed by atoms with Crippen molar-refractivity contribution in [2.24, 2.45) is 10.8 Å². The first-order chi connectivity index (χ1) is 11.1. The molecule has 0 aliphatic rings. The summed E-state index contributed by atoms with van der Waals surface area (Å²) in [4.78, 5) is 1.17. The van der Waals surface area contributed by atoms with Gasteiger partial charge in [-0.1, -0.05) is 23.7 Å². The Labute approximate surface area is 150 Å². The minimum atomic E-state index is 0.132. The van der Waals surface area contributed by atoms with Gasteiger partial charge in [0, 0.05) is 15.7 Å². The molecular weight excluding hydrogens is 350 g/mol. The van der Waals surface area contributed by atoms with E-state index in [0.717, 1.165) is 22.1 Å². The SMILES string of the molecule is NC(=S)N/N=C\c1cccc(OCCSc2ccc(Cl)cc2)c1. The number of hydrazone groups is 1. The van der Waals surface area contributed by atoms with Crippen LogP contribution in [0, 0.1) is 0 Å². The number of ether oxygens (including phenoxy) is 1. The van der Waals surface area contributed by atoms with E-state index in [1.165, 1.54) is 4.90 Å². The van der Waals surface area contributed by atoms with Gasteiger partial charge in [0.1, 0.15) is 5.75 Å². The van der Waals surface area contributed by atoms with Crippen LogP contribution >= 0.6 is 35.6 Å². The lowest BCUT2D eigenvalue weighted by Gasteiger charge is -2.07. The summed E-state index contributed by atoms with van der Waals surface area (Å²) in [5.74, 6) is 1.64. The first-order valence-electron chi connectivity index (χ1n) is 6.83. The normalized spacial score (nSPS) is 10.7. The van der Waals surface area contributed by atoms with Crippen LogP contribution in [0.2, 0.25) is 5.02 Å². The van der Waals surface area contributed by atoms with Crippen molar-refractivity contribution in [3.05, 3.63) is 59.1 Å². The fraction of sp³-hybridized carbons (Fsp3) is 0.125. The monoisotopic (exact) mass is 365 g/mol. The van der Waals surface area contributed by atoms with Crippen molar-refractivity contribution < 1.29 is 4.74 Å². The first-order valence-corrected chi connectivity index (χ1v) is 8.60. The van der Waals surface area contributed by atoms with Crippen LogP contribution in [-0.2, 0) is 0 Å². The third kappa shape index (κ3) is 6.90. The molecule has 120 valence electrons. The summed E-state index contributed by atoms with van der Waals surface area (Å²) in [7, 11) is 0. The first kappa shape index (κ1) is 17.6. The topological polar surface area (TPSA) is 59.6 Å². The average molecular weight is 366 g/mol. The quantitative estimate of drug-likeness (QED) is 0.258. The second kappa shape index (κ2) is 9.39. The highest BCUT2D eigenvalue weighted by molar-refractivity contribution is 7.99. The number of thioether (sulfide) groups is 1. The molecule has 0 saturated heterocycles. The number of hydrogen-bond donors (Lipinski definition) is 2. The molecule has 0 spiro atoms. The van der Waals surface area contributed by atoms with Crippen molar-refractivity contribution in [3.8, 4) is 5.75 Å². The van der Waals surface area contributed by atoms with E-state index in [4.69, 9.17) is 22.1 Å². The zero-order valence-electron chi connectivity index (χ0n) is 12.2. The minimum absolute atomic E-state index is 0.132. The second-order valence-electron chi connectivity index (χ2n) is 4.46. The molecular formula is C16H16ClN3OS2. The van der Waals surface area contributed by atoms with Crippen molar-refractivity contribution in [3.63, 3.8) is 0 Å². The molecule has 0 heterocycles. The van der Waals surface area contributed by atoms with E-state index in [1.807, 2.05) is 48.5 Å². The van der Waals surface area contributed by atoms with Crippen molar-refractivity contribution >= 4 is 46.9 Å². The third-order valence-corrected chi connectivity index (χ3v) is 4.00. The molecule has 0 saturated carbocycles. The highest BCUT2D eigenvalue weighted by atomic mass is 35.5. The summed E-state index contributed by atoms with van der Waals surface area (Å²) < 4.78 is 5.74. The second-order valence-corrected chi connectivity index (χ2v) is 6.50. The van der Waals surface area contributed by atoms with Gasteiger partial charge in [0.2, 0.25) is 0 Å². The van der Waals surface area contributed by atoms with Crippen LogP contribution in [0.4, 0.5) is 0 Å². The van der Waals surface area contributed by atoms with Gasteiger partial charge in [0.15, 0.2) is 5.11 Å². The largest absolute Gasteiger partial charge is 0.493 e. The predicted octanol–water partition coefficient (Wildman–Crippen LogP) is 3.68. The summed E-state index contributed by atoms with van der Waals surface area (Å²) in [6.45, 7) is 0.610. The molecule has 0 bridgehead atoms. The molecule has 0 amide bonds. The Morgan fingerprint density at radius 3 is 2.83 bits per heavy atom. The van der Waals surface area contributed by atoms with Crippen LogP contribution in [0.25, 0.3) is 0 Å². The zero-order valence-corrected chi connectivity index (χ0v) is 14.6. The fourth-order valence-corrected chi connectivity index (χ4v) is 2.61. The third-order valence-electron chi connectivity index (χ3n) is 2.68. The van der Waals surface area contributed by atoms with Crippen molar-refractivity contribution in [1.29, 1.82) is 0 Å². The van der Waals surface area contributed by atoms with E-state index >= 15 is 0 Å². The number of thiocarbonyl (C=S) groups is 1. The van der Waals surface area contributed by atoms with Crippen LogP contribution in [-0.4, -0.2) is 23.7 Å². The van der Waals surface area contributed by atoms with Gasteiger partial charge >= 0.3 is 0 Å². The van der Waals surface area contributed by atoms with Gasteiger partial charge in [-0.3, -0.25) is 5.43 Å². The molecule has 2 aromatic rings. The van der Waals surface area contributed by atoms with E-state index in [-0.39, 0.29) is 5.11 Å². The van der Waals surface area contributed by atoms with Gasteiger partial charge in [-0.2, -0.15) is 5.10 Å². The average Bonchev–Trinajstić information content (AvgIpc) is 2.53. The fourth-order valence-electron chi connectivity index (χ4n) is 1.70. The van der Waals surface area contributed by atoms with E-state index in [0.29, 0.717) is 6.61 Å². The molecule has 4 nitrogen and oxygen atoms in total. The molecule has 0 atom stereocenters. The Morgan fingerprint density at radius 2 is 2.09 bits per heavy atom. The summed E-state index contributed by atoms with van der Waals surface area (Å²) in [5.41, 5.74) is 8.71. The molecule has 0 aliphatic carbocycles.